The van der Waals surface area contributed by atoms with Crippen molar-refractivity contribution in [2.45, 2.75) is 59.1 Å². The summed E-state index contributed by atoms with van der Waals surface area (Å²) in [4.78, 5) is 27.4. The summed E-state index contributed by atoms with van der Waals surface area (Å²) in [6.45, 7) is 14.2. The molecule has 0 aromatic carbocycles. The third kappa shape index (κ3) is 5.57. The summed E-state index contributed by atoms with van der Waals surface area (Å²) >= 11 is 5.73. The van der Waals surface area contributed by atoms with E-state index < -0.39 is 10.8 Å². The predicted molar refractivity (Wildman–Crippen MR) is 92.1 cm³/mol. The van der Waals surface area contributed by atoms with Gasteiger partial charge in [-0.05, 0) is 45.7 Å². The molecule has 0 bridgehead atoms. The lowest BCUT2D eigenvalue weighted by molar-refractivity contribution is -0.110. The fourth-order valence-corrected chi connectivity index (χ4v) is 2.67. The van der Waals surface area contributed by atoms with Crippen molar-refractivity contribution in [1.29, 1.82) is 0 Å². The van der Waals surface area contributed by atoms with Gasteiger partial charge in [0, 0.05) is 18.3 Å². The molecule has 1 aliphatic heterocycles. The Bertz CT molecular complexity index is 508. The molecule has 1 heterocycles. The number of amides is 1. The van der Waals surface area contributed by atoms with E-state index >= 15 is 0 Å². The van der Waals surface area contributed by atoms with Gasteiger partial charge in [0.1, 0.15) is 5.60 Å². The molecule has 1 atom stereocenters. The van der Waals surface area contributed by atoms with E-state index in [9.17, 15) is 9.59 Å². The molecule has 6 heteroatoms. The Morgan fingerprint density at radius 2 is 2.04 bits per heavy atom. The fourth-order valence-electron chi connectivity index (χ4n) is 2.50. The van der Waals surface area contributed by atoms with Gasteiger partial charge in [-0.1, -0.05) is 26.0 Å². The highest BCUT2D eigenvalue weighted by Gasteiger charge is 2.34. The largest absolute Gasteiger partial charge is 0.444 e. The quantitative estimate of drug-likeness (QED) is 0.574. The molecule has 23 heavy (non-hydrogen) atoms. The van der Waals surface area contributed by atoms with E-state index in [1.807, 2.05) is 45.6 Å². The van der Waals surface area contributed by atoms with E-state index in [2.05, 4.69) is 6.58 Å². The van der Waals surface area contributed by atoms with Gasteiger partial charge in [-0.2, -0.15) is 0 Å². The molecule has 1 amide bonds. The van der Waals surface area contributed by atoms with Crippen LogP contribution in [0, 0.1) is 0 Å². The molecule has 1 rings (SSSR count). The zero-order valence-corrected chi connectivity index (χ0v) is 15.4. The first-order valence-electron chi connectivity index (χ1n) is 7.91. The second kappa shape index (κ2) is 7.86. The number of unbranched alkanes of at least 4 members (excludes halogenated alkanes) is 1. The topological polar surface area (TPSA) is 49.9 Å². The monoisotopic (exact) mass is 342 g/mol. The second-order valence-corrected chi connectivity index (χ2v) is 7.14. The van der Waals surface area contributed by atoms with Crippen LogP contribution < -0.4 is 0 Å². The molecule has 0 spiro atoms. The van der Waals surface area contributed by atoms with Gasteiger partial charge in [-0.25, -0.2) is 4.79 Å². The van der Waals surface area contributed by atoms with Crippen LogP contribution in [0.2, 0.25) is 0 Å². The van der Waals surface area contributed by atoms with E-state index in [1.54, 1.807) is 4.90 Å². The van der Waals surface area contributed by atoms with Crippen LogP contribution in [0.15, 0.2) is 24.0 Å². The molecular weight excluding hydrogens is 316 g/mol. The molecular formula is C17H27ClN2O3. The van der Waals surface area contributed by atoms with E-state index in [-0.39, 0.29) is 12.1 Å². The molecule has 0 saturated carbocycles. The minimum atomic E-state index is -0.545. The van der Waals surface area contributed by atoms with Crippen molar-refractivity contribution >= 4 is 22.9 Å². The summed E-state index contributed by atoms with van der Waals surface area (Å²) in [5.74, 6) is 0. The summed E-state index contributed by atoms with van der Waals surface area (Å²) in [6, 6.07) is -0.102. The van der Waals surface area contributed by atoms with Crippen molar-refractivity contribution in [1.82, 2.24) is 9.80 Å². The predicted octanol–water partition coefficient (Wildman–Crippen LogP) is 3.89. The van der Waals surface area contributed by atoms with E-state index in [1.165, 1.54) is 0 Å². The van der Waals surface area contributed by atoms with Crippen molar-refractivity contribution in [2.24, 2.45) is 0 Å². The number of carbonyl (C=O) groups is 2. The number of nitrogens with zero attached hydrogens (tertiary/aromatic N) is 2. The second-order valence-electron chi connectivity index (χ2n) is 6.80. The number of rotatable bonds is 4. The summed E-state index contributed by atoms with van der Waals surface area (Å²) in [5.41, 5.74) is 0.553. The first-order chi connectivity index (χ1) is 10.6. The van der Waals surface area contributed by atoms with E-state index in [0.29, 0.717) is 24.5 Å². The van der Waals surface area contributed by atoms with Gasteiger partial charge in [-0.3, -0.25) is 4.79 Å². The zero-order valence-electron chi connectivity index (χ0n) is 14.7. The first-order valence-corrected chi connectivity index (χ1v) is 8.29. The Kier molecular flexibility index (Phi) is 6.69. The maximum absolute atomic E-state index is 12.2. The van der Waals surface area contributed by atoms with Crippen molar-refractivity contribution in [3.05, 3.63) is 24.0 Å². The minimum Gasteiger partial charge on any atom is -0.444 e. The normalized spacial score (nSPS) is 19.8. The third-order valence-corrected chi connectivity index (χ3v) is 3.57. The fraction of sp³-hybridized carbons (Fsp3) is 0.647. The van der Waals surface area contributed by atoms with Crippen molar-refractivity contribution in [3.63, 3.8) is 0 Å². The van der Waals surface area contributed by atoms with Crippen LogP contribution >= 0.6 is 11.6 Å². The highest BCUT2D eigenvalue weighted by molar-refractivity contribution is 6.67. The lowest BCUT2D eigenvalue weighted by atomic mass is 10.1. The average Bonchev–Trinajstić information content (AvgIpc) is 2.39. The average molecular weight is 343 g/mol. The Morgan fingerprint density at radius 1 is 1.43 bits per heavy atom. The molecule has 0 aromatic heterocycles. The molecule has 0 N–H and O–H groups in total. The third-order valence-electron chi connectivity index (χ3n) is 3.38. The number of halogens is 1. The minimum absolute atomic E-state index is 0.102. The Morgan fingerprint density at radius 3 is 2.48 bits per heavy atom. The molecule has 130 valence electrons. The van der Waals surface area contributed by atoms with Crippen LogP contribution in [-0.4, -0.2) is 45.9 Å². The lowest BCUT2D eigenvalue weighted by Crippen LogP contribution is -2.53. The number of hydrogen-bond donors (Lipinski definition) is 0. The number of allylic oxidation sites excluding steroid dienone is 2. The van der Waals surface area contributed by atoms with E-state index in [4.69, 9.17) is 16.3 Å². The van der Waals surface area contributed by atoms with Crippen LogP contribution in [0.5, 0.6) is 0 Å². The van der Waals surface area contributed by atoms with Crippen LogP contribution in [0.4, 0.5) is 4.79 Å². The van der Waals surface area contributed by atoms with Gasteiger partial charge >= 0.3 is 6.09 Å². The van der Waals surface area contributed by atoms with Gasteiger partial charge in [0.05, 0.1) is 12.2 Å². The van der Waals surface area contributed by atoms with Crippen LogP contribution in [0.3, 0.4) is 0 Å². The maximum atomic E-state index is 12.2. The van der Waals surface area contributed by atoms with Crippen molar-refractivity contribution < 1.29 is 14.3 Å². The van der Waals surface area contributed by atoms with Gasteiger partial charge < -0.3 is 14.5 Å². The van der Waals surface area contributed by atoms with Crippen LogP contribution in [0.1, 0.15) is 47.5 Å². The Balaban J connectivity index is 2.90. The summed E-state index contributed by atoms with van der Waals surface area (Å²) in [5, 5.41) is -0.503. The molecule has 0 radical (unpaired) electrons. The highest BCUT2D eigenvalue weighted by atomic mass is 35.5. The number of carbonyl (C=O) groups excluding carboxylic acids is 2. The SMILES string of the molecule is C=C1CN(C(=O)OC(C)(C)C)CC(C)N1/C(=C\CCC)C(=O)Cl. The highest BCUT2D eigenvalue weighted by Crippen LogP contribution is 2.26. The van der Waals surface area contributed by atoms with Gasteiger partial charge in [0.2, 0.25) is 0 Å². The van der Waals surface area contributed by atoms with Crippen LogP contribution in [-0.2, 0) is 9.53 Å². The zero-order chi connectivity index (χ0) is 17.8. The molecule has 1 fully saturated rings. The molecule has 1 saturated heterocycles. The molecule has 0 aromatic rings. The molecule has 1 unspecified atom stereocenters. The first kappa shape index (κ1) is 19.6. The van der Waals surface area contributed by atoms with Crippen molar-refractivity contribution in [2.75, 3.05) is 13.1 Å². The number of piperazine rings is 1. The van der Waals surface area contributed by atoms with Gasteiger partial charge in [0.25, 0.3) is 5.24 Å². The Hall–Kier alpha value is -1.49. The molecule has 5 nitrogen and oxygen atoms in total. The molecule has 0 aliphatic carbocycles. The standard InChI is InChI=1S/C17H27ClN2O3/c1-7-8-9-14(15(18)21)20-12(2)10-19(11-13(20)3)16(22)23-17(4,5)6/h9,13H,2,7-8,10-11H2,1,3-6H3/b14-9-. The Labute approximate surface area is 143 Å². The lowest BCUT2D eigenvalue weighted by Gasteiger charge is -2.43. The maximum Gasteiger partial charge on any atom is 0.410 e. The summed E-state index contributed by atoms with van der Waals surface area (Å²) in [6.07, 6.45) is 3.15. The number of ether oxygens (including phenoxy) is 1. The summed E-state index contributed by atoms with van der Waals surface area (Å²) < 4.78 is 5.40. The summed E-state index contributed by atoms with van der Waals surface area (Å²) in [7, 11) is 0. The van der Waals surface area contributed by atoms with Crippen molar-refractivity contribution in [3.8, 4) is 0 Å². The smallest absolute Gasteiger partial charge is 0.410 e. The van der Waals surface area contributed by atoms with Gasteiger partial charge in [-0.15, -0.1) is 0 Å². The van der Waals surface area contributed by atoms with E-state index in [0.717, 1.165) is 12.8 Å². The number of hydrogen-bond acceptors (Lipinski definition) is 4. The van der Waals surface area contributed by atoms with Gasteiger partial charge in [0.15, 0.2) is 0 Å². The van der Waals surface area contributed by atoms with Crippen LogP contribution in [0.25, 0.3) is 0 Å². The molecule has 1 aliphatic rings.